The van der Waals surface area contributed by atoms with Gasteiger partial charge in [0.25, 0.3) is 0 Å². The van der Waals surface area contributed by atoms with Crippen molar-refractivity contribution < 1.29 is 29.6 Å². The molecule has 0 radical (unpaired) electrons. The van der Waals surface area contributed by atoms with E-state index in [-0.39, 0.29) is 12.9 Å². The predicted octanol–water partition coefficient (Wildman–Crippen LogP) is -2.68. The van der Waals surface area contributed by atoms with E-state index in [4.69, 9.17) is 15.6 Å². The fraction of sp³-hybridized carbons (Fsp3) is 0.556. The summed E-state index contributed by atoms with van der Waals surface area (Å²) in [4.78, 5) is 21.0. The van der Waals surface area contributed by atoms with E-state index < -0.39 is 30.3 Å². The highest BCUT2D eigenvalue weighted by molar-refractivity contribution is 5.79. The number of aldehydes is 1. The summed E-state index contributed by atoms with van der Waals surface area (Å²) in [6.45, 7) is 3.30. The SMILES string of the molecule is C=CCO[C@@H](C=O)[C@@H](O)[C@H](O)[C@H](O)C(N)=O. The second kappa shape index (κ2) is 7.07. The van der Waals surface area contributed by atoms with Gasteiger partial charge in [-0.05, 0) is 0 Å². The number of hydrogen-bond acceptors (Lipinski definition) is 6. The molecule has 0 saturated heterocycles. The van der Waals surface area contributed by atoms with Crippen molar-refractivity contribution in [2.45, 2.75) is 24.4 Å². The van der Waals surface area contributed by atoms with E-state index in [0.29, 0.717) is 0 Å². The fourth-order valence-corrected chi connectivity index (χ4v) is 0.947. The smallest absolute Gasteiger partial charge is 0.249 e. The third-order valence-electron chi connectivity index (χ3n) is 1.84. The Morgan fingerprint density at radius 1 is 1.38 bits per heavy atom. The number of primary amides is 1. The number of aliphatic hydroxyl groups is 3. The molecule has 0 aromatic rings. The van der Waals surface area contributed by atoms with Gasteiger partial charge in [-0.1, -0.05) is 6.08 Å². The Balaban J connectivity index is 4.47. The second-order valence-corrected chi connectivity index (χ2v) is 3.05. The first kappa shape index (κ1) is 14.7. The van der Waals surface area contributed by atoms with Crippen LogP contribution in [0.2, 0.25) is 0 Å². The summed E-state index contributed by atoms with van der Waals surface area (Å²) >= 11 is 0. The molecule has 1 amide bonds. The van der Waals surface area contributed by atoms with Gasteiger partial charge in [0.05, 0.1) is 6.61 Å². The van der Waals surface area contributed by atoms with Crippen molar-refractivity contribution in [2.24, 2.45) is 5.73 Å². The van der Waals surface area contributed by atoms with Crippen LogP contribution in [-0.4, -0.2) is 58.5 Å². The third kappa shape index (κ3) is 4.07. The van der Waals surface area contributed by atoms with Crippen LogP contribution >= 0.6 is 0 Å². The van der Waals surface area contributed by atoms with Crippen LogP contribution in [0.3, 0.4) is 0 Å². The van der Waals surface area contributed by atoms with Crippen LogP contribution in [0.25, 0.3) is 0 Å². The highest BCUT2D eigenvalue weighted by Crippen LogP contribution is 2.07. The maximum absolute atomic E-state index is 10.5. The van der Waals surface area contributed by atoms with Crippen LogP contribution in [0.4, 0.5) is 0 Å². The van der Waals surface area contributed by atoms with Gasteiger partial charge in [-0.2, -0.15) is 0 Å². The summed E-state index contributed by atoms with van der Waals surface area (Å²) in [7, 11) is 0. The minimum absolute atomic E-state index is 0.0279. The summed E-state index contributed by atoms with van der Waals surface area (Å²) in [5.74, 6) is -1.21. The van der Waals surface area contributed by atoms with Crippen molar-refractivity contribution in [1.82, 2.24) is 0 Å². The van der Waals surface area contributed by atoms with Crippen LogP contribution < -0.4 is 5.73 Å². The summed E-state index contributed by atoms with van der Waals surface area (Å²) in [5, 5.41) is 27.8. The first-order valence-electron chi connectivity index (χ1n) is 4.47. The number of nitrogens with two attached hydrogens (primary N) is 1. The normalized spacial score (nSPS) is 18.2. The lowest BCUT2D eigenvalue weighted by atomic mass is 10.0. The Morgan fingerprint density at radius 2 is 1.94 bits per heavy atom. The molecule has 0 fully saturated rings. The molecule has 0 aliphatic carbocycles. The molecule has 0 aliphatic heterocycles. The van der Waals surface area contributed by atoms with Crippen LogP contribution in [-0.2, 0) is 14.3 Å². The van der Waals surface area contributed by atoms with Gasteiger partial charge >= 0.3 is 0 Å². The standard InChI is InChI=1S/C9H15NO6/c1-2-3-16-5(4-11)6(12)7(13)8(14)9(10)15/h2,4-8,12-14H,1,3H2,(H2,10,15)/t5-,6+,7-,8-/m0/s1. The first-order valence-corrected chi connectivity index (χ1v) is 4.47. The molecule has 0 bridgehead atoms. The van der Waals surface area contributed by atoms with Crippen molar-refractivity contribution in [3.63, 3.8) is 0 Å². The van der Waals surface area contributed by atoms with Crippen molar-refractivity contribution >= 4 is 12.2 Å². The van der Waals surface area contributed by atoms with E-state index >= 15 is 0 Å². The summed E-state index contributed by atoms with van der Waals surface area (Å²) in [6, 6.07) is 0. The average Bonchev–Trinajstić information content (AvgIpc) is 2.27. The van der Waals surface area contributed by atoms with E-state index in [2.05, 4.69) is 6.58 Å². The largest absolute Gasteiger partial charge is 0.387 e. The van der Waals surface area contributed by atoms with Gasteiger partial charge in [0.2, 0.25) is 5.91 Å². The van der Waals surface area contributed by atoms with Crippen molar-refractivity contribution in [2.75, 3.05) is 6.61 Å². The topological polar surface area (TPSA) is 130 Å². The molecular formula is C9H15NO6. The Hall–Kier alpha value is -1.28. The number of carbonyl (C=O) groups excluding carboxylic acids is 2. The fourth-order valence-electron chi connectivity index (χ4n) is 0.947. The second-order valence-electron chi connectivity index (χ2n) is 3.05. The Labute approximate surface area is 92.1 Å². The van der Waals surface area contributed by atoms with Gasteiger partial charge in [-0.25, -0.2) is 0 Å². The molecule has 0 aromatic heterocycles. The lowest BCUT2D eigenvalue weighted by molar-refractivity contribution is -0.151. The van der Waals surface area contributed by atoms with E-state index in [1.165, 1.54) is 6.08 Å². The molecule has 0 spiro atoms. The quantitative estimate of drug-likeness (QED) is 0.267. The number of carbonyl (C=O) groups is 2. The molecule has 7 nitrogen and oxygen atoms in total. The van der Waals surface area contributed by atoms with E-state index in [0.717, 1.165) is 0 Å². The summed E-state index contributed by atoms with van der Waals surface area (Å²) in [5.41, 5.74) is 4.71. The van der Waals surface area contributed by atoms with Crippen molar-refractivity contribution in [3.05, 3.63) is 12.7 Å². The molecule has 0 saturated carbocycles. The van der Waals surface area contributed by atoms with Gasteiger partial charge < -0.3 is 30.6 Å². The van der Waals surface area contributed by atoms with Gasteiger partial charge in [-0.15, -0.1) is 6.58 Å². The molecular weight excluding hydrogens is 218 g/mol. The van der Waals surface area contributed by atoms with Crippen LogP contribution in [0.5, 0.6) is 0 Å². The Bertz CT molecular complexity index is 256. The molecule has 4 atom stereocenters. The molecule has 5 N–H and O–H groups in total. The minimum atomic E-state index is -1.97. The summed E-state index contributed by atoms with van der Waals surface area (Å²) in [6.07, 6.45) is -5.41. The number of rotatable bonds is 8. The zero-order chi connectivity index (χ0) is 12.7. The highest BCUT2D eigenvalue weighted by atomic mass is 16.5. The monoisotopic (exact) mass is 233 g/mol. The number of ether oxygens (including phenoxy) is 1. The Kier molecular flexibility index (Phi) is 6.50. The third-order valence-corrected chi connectivity index (χ3v) is 1.84. The molecule has 0 rings (SSSR count). The number of amides is 1. The molecule has 0 aliphatic rings. The van der Waals surface area contributed by atoms with Gasteiger partial charge in [-0.3, -0.25) is 4.79 Å². The van der Waals surface area contributed by atoms with Crippen LogP contribution in [0.1, 0.15) is 0 Å². The Morgan fingerprint density at radius 3 is 2.31 bits per heavy atom. The van der Waals surface area contributed by atoms with Gasteiger partial charge in [0.15, 0.2) is 12.4 Å². The van der Waals surface area contributed by atoms with E-state index in [1.807, 2.05) is 0 Å². The molecule has 0 heterocycles. The molecule has 16 heavy (non-hydrogen) atoms. The average molecular weight is 233 g/mol. The predicted molar refractivity (Wildman–Crippen MR) is 53.2 cm³/mol. The molecule has 0 unspecified atom stereocenters. The summed E-state index contributed by atoms with van der Waals surface area (Å²) < 4.78 is 4.79. The first-order chi connectivity index (χ1) is 7.45. The lowest BCUT2D eigenvalue weighted by Gasteiger charge is -2.24. The number of hydrogen-bond donors (Lipinski definition) is 4. The van der Waals surface area contributed by atoms with Crippen molar-refractivity contribution in [1.29, 1.82) is 0 Å². The zero-order valence-corrected chi connectivity index (χ0v) is 8.52. The van der Waals surface area contributed by atoms with E-state index in [1.54, 1.807) is 0 Å². The van der Waals surface area contributed by atoms with Gasteiger partial charge in [0.1, 0.15) is 18.3 Å². The maximum Gasteiger partial charge on any atom is 0.249 e. The number of aliphatic hydroxyl groups excluding tert-OH is 3. The van der Waals surface area contributed by atoms with Gasteiger partial charge in [0, 0.05) is 0 Å². The lowest BCUT2D eigenvalue weighted by Crippen LogP contribution is -2.50. The molecule has 92 valence electrons. The highest BCUT2D eigenvalue weighted by Gasteiger charge is 2.34. The molecule has 0 aromatic carbocycles. The van der Waals surface area contributed by atoms with E-state index in [9.17, 15) is 19.8 Å². The molecule has 7 heteroatoms. The zero-order valence-electron chi connectivity index (χ0n) is 8.52. The maximum atomic E-state index is 10.5. The van der Waals surface area contributed by atoms with Crippen LogP contribution in [0, 0.1) is 0 Å². The van der Waals surface area contributed by atoms with Crippen LogP contribution in [0.15, 0.2) is 12.7 Å². The minimum Gasteiger partial charge on any atom is -0.387 e. The van der Waals surface area contributed by atoms with Crippen molar-refractivity contribution in [3.8, 4) is 0 Å².